The molecular weight excluding hydrogens is 430 g/mol. The van der Waals surface area contributed by atoms with Gasteiger partial charge >= 0.3 is 6.18 Å². The number of alkyl halides is 5. The molecule has 166 valence electrons. The number of nitrogens with zero attached hydrogens (tertiary/aromatic N) is 1. The predicted octanol–water partition coefficient (Wildman–Crippen LogP) is 5.04. The SMILES string of the molecule is CSC.NCC(c1cc2c(c(-c3ccc(F)cc3)n1)OCC2(CF)CF)C(F)(F)F. The summed E-state index contributed by atoms with van der Waals surface area (Å²) in [7, 11) is 0. The summed E-state index contributed by atoms with van der Waals surface area (Å²) in [6, 6.07) is 5.83. The Bertz CT molecular complexity index is 840. The third-order valence-electron chi connectivity index (χ3n) is 4.67. The molecule has 1 aromatic carbocycles. The second-order valence-electron chi connectivity index (χ2n) is 6.85. The summed E-state index contributed by atoms with van der Waals surface area (Å²) in [6.45, 7) is -3.45. The van der Waals surface area contributed by atoms with E-state index >= 15 is 0 Å². The normalized spacial score (nSPS) is 15.6. The summed E-state index contributed by atoms with van der Waals surface area (Å²) in [4.78, 5) is 4.02. The number of rotatable bonds is 5. The van der Waals surface area contributed by atoms with Crippen LogP contribution in [0.5, 0.6) is 5.75 Å². The highest BCUT2D eigenvalue weighted by Gasteiger charge is 2.46. The zero-order valence-corrected chi connectivity index (χ0v) is 17.2. The number of fused-ring (bicyclic) bond motifs is 1. The van der Waals surface area contributed by atoms with Crippen molar-refractivity contribution in [2.24, 2.45) is 5.73 Å². The Morgan fingerprint density at radius 2 is 1.73 bits per heavy atom. The molecule has 10 heteroatoms. The van der Waals surface area contributed by atoms with Crippen molar-refractivity contribution in [1.82, 2.24) is 4.98 Å². The van der Waals surface area contributed by atoms with Crippen LogP contribution in [0.15, 0.2) is 30.3 Å². The van der Waals surface area contributed by atoms with Gasteiger partial charge in [-0.05, 0) is 42.8 Å². The number of aromatic nitrogens is 1. The Balaban J connectivity index is 0.00000101. The van der Waals surface area contributed by atoms with E-state index in [-0.39, 0.29) is 29.2 Å². The third kappa shape index (κ3) is 4.85. The summed E-state index contributed by atoms with van der Waals surface area (Å²) >= 11 is 1.75. The quantitative estimate of drug-likeness (QED) is 0.646. The molecule has 0 radical (unpaired) electrons. The van der Waals surface area contributed by atoms with E-state index in [0.29, 0.717) is 0 Å². The molecule has 1 unspecified atom stereocenters. The number of benzene rings is 1. The highest BCUT2D eigenvalue weighted by molar-refractivity contribution is 7.97. The second kappa shape index (κ2) is 9.91. The molecule has 1 aromatic heterocycles. The van der Waals surface area contributed by atoms with Crippen molar-refractivity contribution >= 4 is 11.8 Å². The van der Waals surface area contributed by atoms with Crippen molar-refractivity contribution < 1.29 is 31.1 Å². The first-order chi connectivity index (χ1) is 14.2. The number of halogens is 6. The van der Waals surface area contributed by atoms with Gasteiger partial charge in [0.05, 0.1) is 11.1 Å². The maximum Gasteiger partial charge on any atom is 0.398 e. The molecule has 30 heavy (non-hydrogen) atoms. The average molecular weight is 452 g/mol. The van der Waals surface area contributed by atoms with E-state index in [1.807, 2.05) is 12.5 Å². The first-order valence-corrected chi connectivity index (χ1v) is 10.5. The molecule has 1 aliphatic rings. The van der Waals surface area contributed by atoms with Crippen LogP contribution in [0, 0.1) is 5.82 Å². The third-order valence-corrected chi connectivity index (χ3v) is 4.67. The zero-order chi connectivity index (χ0) is 22.5. The van der Waals surface area contributed by atoms with Crippen LogP contribution in [0.2, 0.25) is 0 Å². The van der Waals surface area contributed by atoms with Gasteiger partial charge in [-0.25, -0.2) is 18.2 Å². The molecular formula is C20H22F6N2OS. The van der Waals surface area contributed by atoms with Crippen molar-refractivity contribution in [3.63, 3.8) is 0 Å². The molecule has 0 amide bonds. The lowest BCUT2D eigenvalue weighted by Crippen LogP contribution is -2.34. The number of ether oxygens (including phenoxy) is 1. The first-order valence-electron chi connectivity index (χ1n) is 8.90. The number of nitrogens with two attached hydrogens (primary N) is 1. The minimum absolute atomic E-state index is 0.00129. The van der Waals surface area contributed by atoms with E-state index in [9.17, 15) is 26.3 Å². The van der Waals surface area contributed by atoms with Crippen LogP contribution in [0.1, 0.15) is 17.2 Å². The fourth-order valence-electron chi connectivity index (χ4n) is 3.04. The summed E-state index contributed by atoms with van der Waals surface area (Å²) in [6.07, 6.45) is -0.608. The van der Waals surface area contributed by atoms with E-state index in [2.05, 4.69) is 4.98 Å². The Morgan fingerprint density at radius 3 is 2.20 bits per heavy atom. The maximum atomic E-state index is 13.6. The van der Waals surface area contributed by atoms with E-state index < -0.39 is 48.9 Å². The minimum atomic E-state index is -4.69. The molecule has 2 aromatic rings. The number of thioether (sulfide) groups is 1. The number of hydrogen-bond donors (Lipinski definition) is 1. The van der Waals surface area contributed by atoms with Crippen LogP contribution in [-0.4, -0.2) is 50.2 Å². The van der Waals surface area contributed by atoms with Gasteiger partial charge in [0.25, 0.3) is 0 Å². The summed E-state index contributed by atoms with van der Waals surface area (Å²) in [5.74, 6) is -2.66. The second-order valence-corrected chi connectivity index (χ2v) is 7.67. The first kappa shape index (κ1) is 24.3. The van der Waals surface area contributed by atoms with Crippen LogP contribution < -0.4 is 10.5 Å². The standard InChI is InChI=1S/C18H16F6N2O.C2H6S/c19-7-17(8-20)9-27-16-12(17)5-14(13(6-25)18(22,23)24)26-15(16)10-1-3-11(21)4-2-10;1-3-2/h1-5,13H,6-9,25H2;1-2H3. The molecule has 3 rings (SSSR count). The molecule has 2 N–H and O–H groups in total. The Hall–Kier alpha value is -1.94. The molecule has 0 bridgehead atoms. The van der Waals surface area contributed by atoms with E-state index in [1.165, 1.54) is 12.1 Å². The van der Waals surface area contributed by atoms with Gasteiger partial charge in [0.2, 0.25) is 0 Å². The zero-order valence-electron chi connectivity index (χ0n) is 16.4. The summed E-state index contributed by atoms with van der Waals surface area (Å²) in [5, 5.41) is 0. The maximum absolute atomic E-state index is 13.6. The van der Waals surface area contributed by atoms with Gasteiger partial charge in [0.1, 0.15) is 43.1 Å². The highest BCUT2D eigenvalue weighted by atomic mass is 32.2. The lowest BCUT2D eigenvalue weighted by molar-refractivity contribution is -0.148. The summed E-state index contributed by atoms with van der Waals surface area (Å²) < 4.78 is 85.9. The Morgan fingerprint density at radius 1 is 1.17 bits per heavy atom. The number of hydrogen-bond acceptors (Lipinski definition) is 4. The van der Waals surface area contributed by atoms with Gasteiger partial charge in [0.15, 0.2) is 0 Å². The van der Waals surface area contributed by atoms with Crippen LogP contribution in [-0.2, 0) is 5.41 Å². The molecule has 0 saturated carbocycles. The monoisotopic (exact) mass is 452 g/mol. The van der Waals surface area contributed by atoms with E-state index in [0.717, 1.165) is 18.2 Å². The molecule has 3 nitrogen and oxygen atoms in total. The van der Waals surface area contributed by atoms with Crippen LogP contribution >= 0.6 is 11.8 Å². The van der Waals surface area contributed by atoms with E-state index in [4.69, 9.17) is 10.5 Å². The van der Waals surface area contributed by atoms with Crippen molar-refractivity contribution in [3.8, 4) is 17.0 Å². The van der Waals surface area contributed by atoms with E-state index in [1.54, 1.807) is 11.8 Å². The fraction of sp³-hybridized carbons (Fsp3) is 0.450. The van der Waals surface area contributed by atoms with Gasteiger partial charge < -0.3 is 10.5 Å². The molecule has 0 spiro atoms. The van der Waals surface area contributed by atoms with Gasteiger partial charge in [-0.1, -0.05) is 0 Å². The van der Waals surface area contributed by atoms with Crippen molar-refractivity contribution in [3.05, 3.63) is 47.4 Å². The predicted molar refractivity (Wildman–Crippen MR) is 106 cm³/mol. The average Bonchev–Trinajstić information content (AvgIpc) is 3.07. The molecule has 0 fully saturated rings. The molecule has 1 aliphatic heterocycles. The van der Waals surface area contributed by atoms with Crippen molar-refractivity contribution in [2.45, 2.75) is 17.5 Å². The van der Waals surface area contributed by atoms with Gasteiger partial charge in [-0.15, -0.1) is 0 Å². The van der Waals surface area contributed by atoms with Gasteiger partial charge in [-0.2, -0.15) is 24.9 Å². The lowest BCUT2D eigenvalue weighted by atomic mass is 9.83. The van der Waals surface area contributed by atoms with Crippen molar-refractivity contribution in [2.75, 3.05) is 39.0 Å². The topological polar surface area (TPSA) is 48.1 Å². The largest absolute Gasteiger partial charge is 0.490 e. The molecule has 1 atom stereocenters. The fourth-order valence-corrected chi connectivity index (χ4v) is 3.04. The lowest BCUT2D eigenvalue weighted by Gasteiger charge is -2.23. The van der Waals surface area contributed by atoms with Crippen molar-refractivity contribution in [1.29, 1.82) is 0 Å². The van der Waals surface area contributed by atoms with Gasteiger partial charge in [-0.3, -0.25) is 0 Å². The molecule has 2 heterocycles. The van der Waals surface area contributed by atoms with Crippen LogP contribution in [0.25, 0.3) is 11.3 Å². The molecule has 0 aliphatic carbocycles. The highest BCUT2D eigenvalue weighted by Crippen LogP contribution is 2.47. The van der Waals surface area contributed by atoms with Gasteiger partial charge in [0, 0.05) is 17.7 Å². The minimum Gasteiger partial charge on any atom is -0.490 e. The summed E-state index contributed by atoms with van der Waals surface area (Å²) in [5.41, 5.74) is 3.33. The van der Waals surface area contributed by atoms with Crippen LogP contribution in [0.3, 0.4) is 0 Å². The van der Waals surface area contributed by atoms with Crippen LogP contribution in [0.4, 0.5) is 26.3 Å². The smallest absolute Gasteiger partial charge is 0.398 e. The number of pyridine rings is 1. The Labute approximate surface area is 175 Å². The molecule has 0 saturated heterocycles. The Kier molecular flexibility index (Phi) is 8.04.